The molecule has 0 spiro atoms. The standard InChI is InChI=1S/C24H32ClN3O3S/c1-18-7-5-8-22(20(18)3)28(32(4,30)31)12-6-9-24(29)27-15-13-26(14-16-27)23-17-21(25)11-10-19(23)2/h5,7-8,10-11,17H,6,9,12-16H2,1-4H3. The number of halogens is 1. The first kappa shape index (κ1) is 24.4. The summed E-state index contributed by atoms with van der Waals surface area (Å²) in [5.41, 5.74) is 4.95. The zero-order valence-electron chi connectivity index (χ0n) is 19.3. The lowest BCUT2D eigenvalue weighted by Gasteiger charge is -2.37. The molecule has 1 aliphatic heterocycles. The van der Waals surface area contributed by atoms with Crippen LogP contribution in [0.2, 0.25) is 5.02 Å². The van der Waals surface area contributed by atoms with Crippen LogP contribution in [0.1, 0.15) is 29.5 Å². The van der Waals surface area contributed by atoms with E-state index in [2.05, 4.69) is 11.8 Å². The Morgan fingerprint density at radius 2 is 1.72 bits per heavy atom. The third kappa shape index (κ3) is 5.75. The lowest BCUT2D eigenvalue weighted by molar-refractivity contribution is -0.131. The summed E-state index contributed by atoms with van der Waals surface area (Å²) >= 11 is 6.15. The maximum Gasteiger partial charge on any atom is 0.232 e. The number of piperazine rings is 1. The van der Waals surface area contributed by atoms with Crippen LogP contribution in [0.5, 0.6) is 0 Å². The van der Waals surface area contributed by atoms with Crippen LogP contribution in [-0.2, 0) is 14.8 Å². The maximum absolute atomic E-state index is 12.8. The summed E-state index contributed by atoms with van der Waals surface area (Å²) in [5.74, 6) is 0.0712. The minimum absolute atomic E-state index is 0.0712. The van der Waals surface area contributed by atoms with Crippen molar-refractivity contribution in [1.29, 1.82) is 0 Å². The van der Waals surface area contributed by atoms with E-state index in [-0.39, 0.29) is 12.5 Å². The molecule has 6 nitrogen and oxygen atoms in total. The van der Waals surface area contributed by atoms with Gasteiger partial charge in [-0.3, -0.25) is 9.10 Å². The molecule has 0 radical (unpaired) electrons. The summed E-state index contributed by atoms with van der Waals surface area (Å²) in [6.45, 7) is 9.05. The average molecular weight is 478 g/mol. The van der Waals surface area contributed by atoms with Crippen LogP contribution >= 0.6 is 11.6 Å². The Morgan fingerprint density at radius 1 is 1.03 bits per heavy atom. The molecule has 0 N–H and O–H groups in total. The predicted octanol–water partition coefficient (Wildman–Crippen LogP) is 4.16. The second-order valence-corrected chi connectivity index (χ2v) is 10.8. The smallest absolute Gasteiger partial charge is 0.232 e. The fourth-order valence-corrected chi connectivity index (χ4v) is 5.30. The van der Waals surface area contributed by atoms with Gasteiger partial charge < -0.3 is 9.80 Å². The first-order valence-corrected chi connectivity index (χ1v) is 13.1. The van der Waals surface area contributed by atoms with E-state index in [0.29, 0.717) is 36.6 Å². The van der Waals surface area contributed by atoms with Gasteiger partial charge in [0.05, 0.1) is 11.9 Å². The molecular weight excluding hydrogens is 446 g/mol. The van der Waals surface area contributed by atoms with Crippen molar-refractivity contribution < 1.29 is 13.2 Å². The summed E-state index contributed by atoms with van der Waals surface area (Å²) < 4.78 is 26.2. The van der Waals surface area contributed by atoms with Crippen LogP contribution in [0.15, 0.2) is 36.4 Å². The van der Waals surface area contributed by atoms with E-state index in [1.165, 1.54) is 16.1 Å². The van der Waals surface area contributed by atoms with Crippen LogP contribution in [0.4, 0.5) is 11.4 Å². The molecule has 1 heterocycles. The number of sulfonamides is 1. The highest BCUT2D eigenvalue weighted by atomic mass is 35.5. The van der Waals surface area contributed by atoms with Gasteiger partial charge in [0.2, 0.25) is 15.9 Å². The molecule has 1 fully saturated rings. The van der Waals surface area contributed by atoms with E-state index in [9.17, 15) is 13.2 Å². The van der Waals surface area contributed by atoms with Gasteiger partial charge in [-0.15, -0.1) is 0 Å². The maximum atomic E-state index is 12.8. The highest BCUT2D eigenvalue weighted by Crippen LogP contribution is 2.27. The van der Waals surface area contributed by atoms with E-state index in [0.717, 1.165) is 29.9 Å². The number of nitrogens with zero attached hydrogens (tertiary/aromatic N) is 3. The SMILES string of the molecule is Cc1ccc(Cl)cc1N1CCN(C(=O)CCCN(c2cccc(C)c2C)S(C)(=O)=O)CC1. The molecule has 3 rings (SSSR count). The number of amides is 1. The van der Waals surface area contributed by atoms with Gasteiger partial charge in [-0.25, -0.2) is 8.42 Å². The molecule has 0 aliphatic carbocycles. The van der Waals surface area contributed by atoms with Crippen molar-refractivity contribution in [3.63, 3.8) is 0 Å². The molecule has 2 aromatic carbocycles. The van der Waals surface area contributed by atoms with E-state index >= 15 is 0 Å². The van der Waals surface area contributed by atoms with Gasteiger partial charge in [0, 0.05) is 49.9 Å². The molecule has 8 heteroatoms. The molecule has 0 saturated carbocycles. The Labute approximate surface area is 196 Å². The van der Waals surface area contributed by atoms with Crippen molar-refractivity contribution in [3.05, 3.63) is 58.1 Å². The summed E-state index contributed by atoms with van der Waals surface area (Å²) in [6.07, 6.45) is 2.02. The molecule has 1 amide bonds. The number of rotatable bonds is 7. The third-order valence-corrected chi connectivity index (χ3v) is 7.56. The number of hydrogen-bond donors (Lipinski definition) is 0. The highest BCUT2D eigenvalue weighted by Gasteiger charge is 2.24. The Bertz CT molecular complexity index is 1080. The predicted molar refractivity (Wildman–Crippen MR) is 132 cm³/mol. The molecular formula is C24H32ClN3O3S. The Morgan fingerprint density at radius 3 is 2.38 bits per heavy atom. The summed E-state index contributed by atoms with van der Waals surface area (Å²) in [7, 11) is -3.43. The molecule has 174 valence electrons. The zero-order chi connectivity index (χ0) is 23.5. The number of carbonyl (C=O) groups excluding carboxylic acids is 1. The van der Waals surface area contributed by atoms with E-state index in [4.69, 9.17) is 11.6 Å². The fraction of sp³-hybridized carbons (Fsp3) is 0.458. The normalized spacial score (nSPS) is 14.5. The van der Waals surface area contributed by atoms with Crippen LogP contribution in [0.3, 0.4) is 0 Å². The fourth-order valence-electron chi connectivity index (χ4n) is 4.12. The third-order valence-electron chi connectivity index (χ3n) is 6.14. The second-order valence-electron chi connectivity index (χ2n) is 8.46. The van der Waals surface area contributed by atoms with Crippen LogP contribution in [-0.4, -0.2) is 58.2 Å². The quantitative estimate of drug-likeness (QED) is 0.600. The monoisotopic (exact) mass is 477 g/mol. The van der Waals surface area contributed by atoms with Gasteiger partial charge in [-0.1, -0.05) is 29.8 Å². The molecule has 1 aliphatic rings. The van der Waals surface area contributed by atoms with Crippen molar-refractivity contribution in [2.75, 3.05) is 48.2 Å². The molecule has 0 atom stereocenters. The van der Waals surface area contributed by atoms with Crippen molar-refractivity contribution in [2.45, 2.75) is 33.6 Å². The van der Waals surface area contributed by atoms with Gasteiger partial charge in [-0.05, 0) is 62.1 Å². The Hall–Kier alpha value is -2.25. The van der Waals surface area contributed by atoms with Gasteiger partial charge >= 0.3 is 0 Å². The Balaban J connectivity index is 1.56. The van der Waals surface area contributed by atoms with Crippen LogP contribution < -0.4 is 9.21 Å². The van der Waals surface area contributed by atoms with Crippen LogP contribution in [0, 0.1) is 20.8 Å². The first-order chi connectivity index (χ1) is 15.1. The van der Waals surface area contributed by atoms with Crippen LogP contribution in [0.25, 0.3) is 0 Å². The van der Waals surface area contributed by atoms with E-state index in [1.54, 1.807) is 0 Å². The van der Waals surface area contributed by atoms with Gasteiger partial charge in [0.15, 0.2) is 0 Å². The molecule has 0 bridgehead atoms. The van der Waals surface area contributed by atoms with E-state index in [1.807, 2.05) is 55.1 Å². The number of carbonyl (C=O) groups is 1. The van der Waals surface area contributed by atoms with Crippen molar-refractivity contribution in [3.8, 4) is 0 Å². The summed E-state index contributed by atoms with van der Waals surface area (Å²) in [4.78, 5) is 16.9. The number of anilines is 2. The second kappa shape index (κ2) is 10.1. The largest absolute Gasteiger partial charge is 0.368 e. The van der Waals surface area contributed by atoms with Gasteiger partial charge in [0.1, 0.15) is 0 Å². The first-order valence-electron chi connectivity index (χ1n) is 10.9. The minimum atomic E-state index is -3.43. The molecule has 2 aromatic rings. The lowest BCUT2D eigenvalue weighted by atomic mass is 10.1. The Kier molecular flexibility index (Phi) is 7.72. The lowest BCUT2D eigenvalue weighted by Crippen LogP contribution is -2.49. The highest BCUT2D eigenvalue weighted by molar-refractivity contribution is 7.92. The molecule has 32 heavy (non-hydrogen) atoms. The van der Waals surface area contributed by atoms with Crippen molar-refractivity contribution in [1.82, 2.24) is 4.90 Å². The molecule has 0 aromatic heterocycles. The van der Waals surface area contributed by atoms with Gasteiger partial charge in [0.25, 0.3) is 0 Å². The molecule has 1 saturated heterocycles. The summed E-state index contributed by atoms with van der Waals surface area (Å²) in [5, 5.41) is 0.711. The minimum Gasteiger partial charge on any atom is -0.368 e. The topological polar surface area (TPSA) is 60.9 Å². The zero-order valence-corrected chi connectivity index (χ0v) is 20.8. The van der Waals surface area contributed by atoms with Gasteiger partial charge in [-0.2, -0.15) is 0 Å². The summed E-state index contributed by atoms with van der Waals surface area (Å²) in [6, 6.07) is 11.5. The molecule has 0 unspecified atom stereocenters. The van der Waals surface area contributed by atoms with Crippen molar-refractivity contribution >= 4 is 38.9 Å². The van der Waals surface area contributed by atoms with E-state index < -0.39 is 10.0 Å². The van der Waals surface area contributed by atoms with Crippen molar-refractivity contribution in [2.24, 2.45) is 0 Å². The number of aryl methyl sites for hydroxylation is 2. The number of hydrogen-bond acceptors (Lipinski definition) is 4. The number of benzene rings is 2. The average Bonchev–Trinajstić information content (AvgIpc) is 2.74.